The molecule has 23 heavy (non-hydrogen) atoms. The van der Waals surface area contributed by atoms with E-state index in [2.05, 4.69) is 30.1 Å². The molecule has 1 N–H and O–H groups in total. The van der Waals surface area contributed by atoms with Crippen molar-refractivity contribution in [1.29, 1.82) is 0 Å². The number of fused-ring (bicyclic) bond motifs is 1. The van der Waals surface area contributed by atoms with Gasteiger partial charge < -0.3 is 9.72 Å². The Morgan fingerprint density at radius 3 is 2.74 bits per heavy atom. The maximum absolute atomic E-state index is 11.7. The van der Waals surface area contributed by atoms with Gasteiger partial charge in [0.2, 0.25) is 0 Å². The third-order valence-corrected chi connectivity index (χ3v) is 4.22. The number of nitrogens with one attached hydrogen (secondary N) is 1. The summed E-state index contributed by atoms with van der Waals surface area (Å²) in [5.41, 5.74) is 4.67. The highest BCUT2D eigenvalue weighted by molar-refractivity contribution is 6.05. The fraction of sp³-hybridized carbons (Fsp3) is 0.250. The van der Waals surface area contributed by atoms with Crippen LogP contribution in [0.3, 0.4) is 0 Å². The Bertz CT molecular complexity index is 833. The first-order valence-corrected chi connectivity index (χ1v) is 8.01. The summed E-state index contributed by atoms with van der Waals surface area (Å²) < 4.78 is 5.44. The first-order valence-electron chi connectivity index (χ1n) is 8.01. The van der Waals surface area contributed by atoms with Crippen LogP contribution in [-0.2, 0) is 6.42 Å². The number of aromatic amines is 1. The molecule has 0 unspecified atom stereocenters. The van der Waals surface area contributed by atoms with Crippen molar-refractivity contribution in [3.05, 3.63) is 53.6 Å². The van der Waals surface area contributed by atoms with Gasteiger partial charge in [-0.25, -0.2) is 0 Å². The SMILES string of the molecule is CCCCc1ccc2[nH]c(-c3ccccc3OC)c(C=O)c2c1. The Morgan fingerprint density at radius 1 is 1.17 bits per heavy atom. The smallest absolute Gasteiger partial charge is 0.152 e. The zero-order chi connectivity index (χ0) is 16.2. The van der Waals surface area contributed by atoms with E-state index in [1.165, 1.54) is 5.56 Å². The number of aldehydes is 1. The van der Waals surface area contributed by atoms with Crippen LogP contribution in [-0.4, -0.2) is 18.4 Å². The van der Waals surface area contributed by atoms with Gasteiger partial charge in [-0.2, -0.15) is 0 Å². The van der Waals surface area contributed by atoms with Crippen LogP contribution in [0.4, 0.5) is 0 Å². The summed E-state index contributed by atoms with van der Waals surface area (Å²) in [5, 5.41) is 0.981. The van der Waals surface area contributed by atoms with E-state index in [9.17, 15) is 4.79 Å². The van der Waals surface area contributed by atoms with E-state index in [1.807, 2.05) is 24.3 Å². The molecule has 3 rings (SSSR count). The van der Waals surface area contributed by atoms with Crippen molar-refractivity contribution in [3.63, 3.8) is 0 Å². The van der Waals surface area contributed by atoms with Gasteiger partial charge in [-0.05, 0) is 42.7 Å². The Morgan fingerprint density at radius 2 is 2.00 bits per heavy atom. The van der Waals surface area contributed by atoms with Gasteiger partial charge in [-0.15, -0.1) is 0 Å². The number of rotatable bonds is 6. The summed E-state index contributed by atoms with van der Waals surface area (Å²) in [6.07, 6.45) is 4.30. The first-order chi connectivity index (χ1) is 11.3. The number of aromatic nitrogens is 1. The minimum Gasteiger partial charge on any atom is -0.496 e. The number of hydrogen-bond donors (Lipinski definition) is 1. The molecule has 0 saturated carbocycles. The molecular formula is C20H21NO2. The Kier molecular flexibility index (Phi) is 4.47. The average Bonchev–Trinajstić information content (AvgIpc) is 2.97. The minimum absolute atomic E-state index is 0.697. The highest BCUT2D eigenvalue weighted by atomic mass is 16.5. The average molecular weight is 307 g/mol. The Labute approximate surface area is 136 Å². The van der Waals surface area contributed by atoms with Gasteiger partial charge >= 0.3 is 0 Å². The van der Waals surface area contributed by atoms with E-state index in [0.29, 0.717) is 5.56 Å². The molecule has 3 heteroatoms. The lowest BCUT2D eigenvalue weighted by atomic mass is 10.0. The number of carbonyl (C=O) groups is 1. The molecule has 0 bridgehead atoms. The normalized spacial score (nSPS) is 10.9. The number of methoxy groups -OCH3 is 1. The van der Waals surface area contributed by atoms with Crippen molar-refractivity contribution in [2.75, 3.05) is 7.11 Å². The molecule has 118 valence electrons. The number of H-pyrrole nitrogens is 1. The van der Waals surface area contributed by atoms with Crippen LogP contribution < -0.4 is 4.74 Å². The maximum Gasteiger partial charge on any atom is 0.152 e. The van der Waals surface area contributed by atoms with Crippen LogP contribution >= 0.6 is 0 Å². The first kappa shape index (κ1) is 15.3. The molecule has 1 aromatic heterocycles. The van der Waals surface area contributed by atoms with E-state index in [4.69, 9.17) is 4.74 Å². The van der Waals surface area contributed by atoms with E-state index >= 15 is 0 Å². The van der Waals surface area contributed by atoms with Gasteiger partial charge in [0, 0.05) is 22.0 Å². The monoisotopic (exact) mass is 307 g/mol. The zero-order valence-corrected chi connectivity index (χ0v) is 13.6. The molecule has 0 fully saturated rings. The molecule has 0 saturated heterocycles. The van der Waals surface area contributed by atoms with E-state index in [-0.39, 0.29) is 0 Å². The highest BCUT2D eigenvalue weighted by Crippen LogP contribution is 2.35. The van der Waals surface area contributed by atoms with Crippen LogP contribution in [0.2, 0.25) is 0 Å². The third kappa shape index (κ3) is 2.87. The highest BCUT2D eigenvalue weighted by Gasteiger charge is 2.16. The maximum atomic E-state index is 11.7. The number of aryl methyl sites for hydroxylation is 1. The predicted molar refractivity (Wildman–Crippen MR) is 94.3 cm³/mol. The molecule has 0 aliphatic heterocycles. The van der Waals surface area contributed by atoms with E-state index < -0.39 is 0 Å². The molecule has 3 nitrogen and oxygen atoms in total. The van der Waals surface area contributed by atoms with Crippen molar-refractivity contribution in [2.24, 2.45) is 0 Å². The lowest BCUT2D eigenvalue weighted by Gasteiger charge is -2.07. The van der Waals surface area contributed by atoms with Crippen LogP contribution in [0.25, 0.3) is 22.2 Å². The number of ether oxygens (including phenoxy) is 1. The summed E-state index contributed by atoms with van der Waals surface area (Å²) in [6.45, 7) is 2.19. The zero-order valence-electron chi connectivity index (χ0n) is 13.6. The summed E-state index contributed by atoms with van der Waals surface area (Å²) in [7, 11) is 1.64. The predicted octanol–water partition coefficient (Wildman–Crippen LogP) is 5.00. The molecule has 0 radical (unpaired) electrons. The molecule has 3 aromatic rings. The molecule has 0 aliphatic carbocycles. The second-order valence-corrected chi connectivity index (χ2v) is 5.72. The Hall–Kier alpha value is -2.55. The quantitative estimate of drug-likeness (QED) is 0.651. The molecule has 0 aliphatic rings. The Balaban J connectivity index is 2.16. The van der Waals surface area contributed by atoms with Crippen molar-refractivity contribution in [1.82, 2.24) is 4.98 Å². The lowest BCUT2D eigenvalue weighted by molar-refractivity contribution is 0.112. The number of benzene rings is 2. The minimum atomic E-state index is 0.697. The van der Waals surface area contributed by atoms with Gasteiger partial charge in [0.05, 0.1) is 12.8 Å². The fourth-order valence-electron chi connectivity index (χ4n) is 2.98. The third-order valence-electron chi connectivity index (χ3n) is 4.22. The topological polar surface area (TPSA) is 42.1 Å². The summed E-state index contributed by atoms with van der Waals surface area (Å²) in [5.74, 6) is 0.758. The largest absolute Gasteiger partial charge is 0.496 e. The fourth-order valence-corrected chi connectivity index (χ4v) is 2.98. The van der Waals surface area contributed by atoms with E-state index in [0.717, 1.165) is 53.5 Å². The van der Waals surface area contributed by atoms with Crippen LogP contribution in [0, 0.1) is 0 Å². The van der Waals surface area contributed by atoms with Crippen molar-refractivity contribution in [3.8, 4) is 17.0 Å². The number of hydrogen-bond acceptors (Lipinski definition) is 2. The van der Waals surface area contributed by atoms with Crippen LogP contribution in [0.15, 0.2) is 42.5 Å². The number of para-hydroxylation sites is 1. The summed E-state index contributed by atoms with van der Waals surface area (Å²) in [4.78, 5) is 15.1. The molecule has 1 heterocycles. The van der Waals surface area contributed by atoms with Crippen LogP contribution in [0.5, 0.6) is 5.75 Å². The van der Waals surface area contributed by atoms with Gasteiger partial charge in [0.1, 0.15) is 5.75 Å². The van der Waals surface area contributed by atoms with Gasteiger partial charge in [-0.3, -0.25) is 4.79 Å². The lowest BCUT2D eigenvalue weighted by Crippen LogP contribution is -1.90. The second kappa shape index (κ2) is 6.69. The summed E-state index contributed by atoms with van der Waals surface area (Å²) >= 11 is 0. The summed E-state index contributed by atoms with van der Waals surface area (Å²) in [6, 6.07) is 14.1. The molecular weight excluding hydrogens is 286 g/mol. The number of unbranched alkanes of at least 4 members (excludes halogenated alkanes) is 1. The van der Waals surface area contributed by atoms with Gasteiger partial charge in [-0.1, -0.05) is 31.5 Å². The molecule has 0 atom stereocenters. The van der Waals surface area contributed by atoms with Gasteiger partial charge in [0.25, 0.3) is 0 Å². The van der Waals surface area contributed by atoms with Gasteiger partial charge in [0.15, 0.2) is 6.29 Å². The van der Waals surface area contributed by atoms with Crippen LogP contribution in [0.1, 0.15) is 35.7 Å². The van der Waals surface area contributed by atoms with Crippen molar-refractivity contribution >= 4 is 17.2 Å². The number of carbonyl (C=O) groups excluding carboxylic acids is 1. The van der Waals surface area contributed by atoms with Crippen molar-refractivity contribution in [2.45, 2.75) is 26.2 Å². The molecule has 2 aromatic carbocycles. The molecule has 0 amide bonds. The van der Waals surface area contributed by atoms with E-state index in [1.54, 1.807) is 7.11 Å². The second-order valence-electron chi connectivity index (χ2n) is 5.72. The van der Waals surface area contributed by atoms with Crippen molar-refractivity contribution < 1.29 is 9.53 Å². The molecule has 0 spiro atoms. The standard InChI is InChI=1S/C20H21NO2/c1-3-4-7-14-10-11-18-16(12-14)17(13-22)20(21-18)15-8-5-6-9-19(15)23-2/h5-6,8-13,21H,3-4,7H2,1-2H3.